The Morgan fingerprint density at radius 3 is 2.48 bits per heavy atom. The first-order valence-electron chi connectivity index (χ1n) is 7.84. The average molecular weight is 378 g/mol. The Balaban J connectivity index is 2.06. The van der Waals surface area contributed by atoms with E-state index in [1.807, 2.05) is 42.5 Å². The zero-order valence-corrected chi connectivity index (χ0v) is 15.5. The van der Waals surface area contributed by atoms with Crippen molar-refractivity contribution in [3.8, 4) is 11.5 Å². The van der Waals surface area contributed by atoms with Crippen molar-refractivity contribution in [1.29, 1.82) is 0 Å². The number of nitrogens with one attached hydrogen (secondary N) is 1. The van der Waals surface area contributed by atoms with Crippen LogP contribution in [0, 0.1) is 5.92 Å². The predicted molar refractivity (Wildman–Crippen MR) is 98.0 cm³/mol. The Morgan fingerprint density at radius 1 is 1.09 bits per heavy atom. The Hall–Kier alpha value is -1.52. The van der Waals surface area contributed by atoms with Crippen LogP contribution in [0.2, 0.25) is 0 Å². The van der Waals surface area contributed by atoms with Gasteiger partial charge in [0.05, 0.1) is 7.11 Å². The van der Waals surface area contributed by atoms with Crippen molar-refractivity contribution in [3.05, 3.63) is 58.1 Å². The van der Waals surface area contributed by atoms with Crippen LogP contribution in [0.25, 0.3) is 0 Å². The zero-order valence-electron chi connectivity index (χ0n) is 13.9. The lowest BCUT2D eigenvalue weighted by Crippen LogP contribution is -2.19. The van der Waals surface area contributed by atoms with Crippen molar-refractivity contribution < 1.29 is 9.47 Å². The van der Waals surface area contributed by atoms with Gasteiger partial charge in [-0.05, 0) is 35.7 Å². The summed E-state index contributed by atoms with van der Waals surface area (Å²) in [5, 5.41) is 3.44. The van der Waals surface area contributed by atoms with Crippen LogP contribution in [0.3, 0.4) is 0 Å². The van der Waals surface area contributed by atoms with Crippen LogP contribution >= 0.6 is 15.9 Å². The van der Waals surface area contributed by atoms with Crippen molar-refractivity contribution >= 4 is 15.9 Å². The molecule has 0 aliphatic carbocycles. The van der Waals surface area contributed by atoms with E-state index in [0.717, 1.165) is 40.2 Å². The molecular formula is C19H24BrNO2. The molecule has 0 aliphatic rings. The Bertz CT molecular complexity index is 614. The van der Waals surface area contributed by atoms with Crippen molar-refractivity contribution in [2.75, 3.05) is 13.7 Å². The third kappa shape index (κ3) is 5.56. The minimum Gasteiger partial charge on any atom is -0.493 e. The van der Waals surface area contributed by atoms with Gasteiger partial charge in [-0.2, -0.15) is 0 Å². The van der Waals surface area contributed by atoms with E-state index in [9.17, 15) is 0 Å². The summed E-state index contributed by atoms with van der Waals surface area (Å²) >= 11 is 3.63. The topological polar surface area (TPSA) is 30.5 Å². The Labute approximate surface area is 147 Å². The second-order valence-corrected chi connectivity index (χ2v) is 6.75. The van der Waals surface area contributed by atoms with Gasteiger partial charge in [0.15, 0.2) is 11.5 Å². The summed E-state index contributed by atoms with van der Waals surface area (Å²) in [5.74, 6) is 2.13. The quantitative estimate of drug-likeness (QED) is 0.717. The van der Waals surface area contributed by atoms with Crippen molar-refractivity contribution in [1.82, 2.24) is 5.32 Å². The molecule has 0 aliphatic heterocycles. The molecule has 0 radical (unpaired) electrons. The SMILES string of the molecule is COc1cc(CNCC(C)C)c(Br)cc1OCc1ccccc1. The number of ether oxygens (including phenoxy) is 2. The second kappa shape index (κ2) is 8.94. The Morgan fingerprint density at radius 2 is 1.83 bits per heavy atom. The molecule has 23 heavy (non-hydrogen) atoms. The van der Waals surface area contributed by atoms with E-state index in [0.29, 0.717) is 12.5 Å². The largest absolute Gasteiger partial charge is 0.493 e. The van der Waals surface area contributed by atoms with Crippen molar-refractivity contribution in [3.63, 3.8) is 0 Å². The van der Waals surface area contributed by atoms with E-state index in [1.54, 1.807) is 7.11 Å². The number of hydrogen-bond donors (Lipinski definition) is 1. The summed E-state index contributed by atoms with van der Waals surface area (Å²) in [5.41, 5.74) is 2.29. The Kier molecular flexibility index (Phi) is 6.93. The van der Waals surface area contributed by atoms with E-state index in [4.69, 9.17) is 9.47 Å². The van der Waals surface area contributed by atoms with Gasteiger partial charge in [-0.3, -0.25) is 0 Å². The number of methoxy groups -OCH3 is 1. The van der Waals surface area contributed by atoms with Gasteiger partial charge in [-0.1, -0.05) is 60.1 Å². The lowest BCUT2D eigenvalue weighted by atomic mass is 10.1. The summed E-state index contributed by atoms with van der Waals surface area (Å²) in [4.78, 5) is 0. The molecule has 2 aromatic rings. The molecule has 1 N–H and O–H groups in total. The first-order chi connectivity index (χ1) is 11.1. The summed E-state index contributed by atoms with van der Waals surface area (Å²) < 4.78 is 12.4. The molecule has 2 aromatic carbocycles. The molecule has 4 heteroatoms. The highest BCUT2D eigenvalue weighted by Gasteiger charge is 2.10. The fourth-order valence-electron chi connectivity index (χ4n) is 2.22. The monoisotopic (exact) mass is 377 g/mol. The second-order valence-electron chi connectivity index (χ2n) is 5.89. The molecule has 124 valence electrons. The zero-order chi connectivity index (χ0) is 16.7. The molecule has 0 saturated heterocycles. The van der Waals surface area contributed by atoms with Crippen LogP contribution in [-0.4, -0.2) is 13.7 Å². The van der Waals surface area contributed by atoms with Gasteiger partial charge in [-0.15, -0.1) is 0 Å². The van der Waals surface area contributed by atoms with Crippen LogP contribution in [0.5, 0.6) is 11.5 Å². The summed E-state index contributed by atoms with van der Waals surface area (Å²) in [7, 11) is 1.67. The van der Waals surface area contributed by atoms with Crippen LogP contribution in [-0.2, 0) is 13.2 Å². The van der Waals surface area contributed by atoms with E-state index in [2.05, 4.69) is 35.1 Å². The average Bonchev–Trinajstić information content (AvgIpc) is 2.55. The van der Waals surface area contributed by atoms with Crippen LogP contribution in [0.4, 0.5) is 0 Å². The van der Waals surface area contributed by atoms with Crippen molar-refractivity contribution in [2.45, 2.75) is 27.0 Å². The fourth-order valence-corrected chi connectivity index (χ4v) is 2.68. The smallest absolute Gasteiger partial charge is 0.162 e. The highest BCUT2D eigenvalue weighted by molar-refractivity contribution is 9.10. The first kappa shape index (κ1) is 17.8. The number of hydrogen-bond acceptors (Lipinski definition) is 3. The number of rotatable bonds is 8. The molecule has 3 nitrogen and oxygen atoms in total. The summed E-state index contributed by atoms with van der Waals surface area (Å²) in [6.45, 7) is 6.70. The van der Waals surface area contributed by atoms with Gasteiger partial charge in [0.25, 0.3) is 0 Å². The van der Waals surface area contributed by atoms with Crippen LogP contribution < -0.4 is 14.8 Å². The summed E-state index contributed by atoms with van der Waals surface area (Å²) in [6.07, 6.45) is 0. The van der Waals surface area contributed by atoms with E-state index in [1.165, 1.54) is 0 Å². The fraction of sp³-hybridized carbons (Fsp3) is 0.368. The van der Waals surface area contributed by atoms with E-state index in [-0.39, 0.29) is 0 Å². The normalized spacial score (nSPS) is 10.8. The number of benzene rings is 2. The van der Waals surface area contributed by atoms with E-state index < -0.39 is 0 Å². The summed E-state index contributed by atoms with van der Waals surface area (Å²) in [6, 6.07) is 14.1. The van der Waals surface area contributed by atoms with Crippen LogP contribution in [0.15, 0.2) is 46.9 Å². The lowest BCUT2D eigenvalue weighted by Gasteiger charge is -2.15. The highest BCUT2D eigenvalue weighted by atomic mass is 79.9. The molecule has 0 atom stereocenters. The van der Waals surface area contributed by atoms with Gasteiger partial charge in [0.2, 0.25) is 0 Å². The molecule has 0 amide bonds. The maximum Gasteiger partial charge on any atom is 0.162 e. The van der Waals surface area contributed by atoms with Crippen LogP contribution in [0.1, 0.15) is 25.0 Å². The maximum atomic E-state index is 5.92. The van der Waals surface area contributed by atoms with Gasteiger partial charge >= 0.3 is 0 Å². The molecule has 0 spiro atoms. The van der Waals surface area contributed by atoms with Gasteiger partial charge in [-0.25, -0.2) is 0 Å². The first-order valence-corrected chi connectivity index (χ1v) is 8.63. The minimum atomic E-state index is 0.522. The van der Waals surface area contributed by atoms with E-state index >= 15 is 0 Å². The molecular weight excluding hydrogens is 354 g/mol. The maximum absolute atomic E-state index is 5.92. The molecule has 0 saturated carbocycles. The number of halogens is 1. The van der Waals surface area contributed by atoms with Gasteiger partial charge < -0.3 is 14.8 Å². The van der Waals surface area contributed by atoms with Gasteiger partial charge in [0.1, 0.15) is 6.61 Å². The molecule has 2 rings (SSSR count). The minimum absolute atomic E-state index is 0.522. The standard InChI is InChI=1S/C19H24BrNO2/c1-14(2)11-21-12-16-9-18(22-3)19(10-17(16)20)23-13-15-7-5-4-6-8-15/h4-10,14,21H,11-13H2,1-3H3. The molecule has 0 bridgehead atoms. The molecule has 0 unspecified atom stereocenters. The predicted octanol–water partition coefficient (Wildman–Crippen LogP) is 4.78. The third-order valence-electron chi connectivity index (χ3n) is 3.44. The highest BCUT2D eigenvalue weighted by Crippen LogP contribution is 2.34. The molecule has 0 fully saturated rings. The van der Waals surface area contributed by atoms with Crippen molar-refractivity contribution in [2.24, 2.45) is 5.92 Å². The molecule has 0 aromatic heterocycles. The van der Waals surface area contributed by atoms with Gasteiger partial charge in [0, 0.05) is 11.0 Å². The third-order valence-corrected chi connectivity index (χ3v) is 4.18. The lowest BCUT2D eigenvalue weighted by molar-refractivity contribution is 0.284. The molecule has 0 heterocycles.